The maximum Gasteiger partial charge on any atom is 0.0318 e. The lowest BCUT2D eigenvalue weighted by Crippen LogP contribution is -2.09. The second-order valence-electron chi connectivity index (χ2n) is 4.29. The third kappa shape index (κ3) is 3.24. The van der Waals surface area contributed by atoms with E-state index in [0.29, 0.717) is 6.54 Å². The smallest absolute Gasteiger partial charge is 0.0318 e. The van der Waals surface area contributed by atoms with Crippen molar-refractivity contribution in [3.8, 4) is 0 Å². The molecule has 0 saturated carbocycles. The van der Waals surface area contributed by atoms with Crippen molar-refractivity contribution in [2.75, 3.05) is 5.73 Å². The van der Waals surface area contributed by atoms with E-state index in [9.17, 15) is 0 Å². The Hall–Kier alpha value is -0.670. The van der Waals surface area contributed by atoms with Gasteiger partial charge in [0.2, 0.25) is 0 Å². The summed E-state index contributed by atoms with van der Waals surface area (Å²) in [5.74, 6) is 0. The predicted molar refractivity (Wildman–Crippen MR) is 64.4 cm³/mol. The van der Waals surface area contributed by atoms with Gasteiger partial charge in [-0.3, -0.25) is 0 Å². The Morgan fingerprint density at radius 3 is 2.43 bits per heavy atom. The molecule has 0 fully saturated rings. The van der Waals surface area contributed by atoms with Gasteiger partial charge in [-0.2, -0.15) is 0 Å². The molecule has 2 nitrogen and oxygen atoms in total. The molecule has 3 heteroatoms. The summed E-state index contributed by atoms with van der Waals surface area (Å²) in [6.07, 6.45) is 0. The van der Waals surface area contributed by atoms with Gasteiger partial charge in [0.1, 0.15) is 0 Å². The summed E-state index contributed by atoms with van der Waals surface area (Å²) in [6, 6.07) is 5.93. The van der Waals surface area contributed by atoms with E-state index in [-0.39, 0.29) is 4.75 Å². The van der Waals surface area contributed by atoms with Gasteiger partial charge in [-0.05, 0) is 23.8 Å². The van der Waals surface area contributed by atoms with Gasteiger partial charge in [0.25, 0.3) is 0 Å². The Morgan fingerprint density at radius 2 is 1.93 bits per heavy atom. The van der Waals surface area contributed by atoms with Crippen molar-refractivity contribution in [2.45, 2.75) is 37.0 Å². The predicted octanol–water partition coefficient (Wildman–Crippen LogP) is 2.62. The minimum absolute atomic E-state index is 0.208. The van der Waals surface area contributed by atoms with Crippen molar-refractivity contribution < 1.29 is 0 Å². The van der Waals surface area contributed by atoms with Crippen LogP contribution in [0.15, 0.2) is 23.1 Å². The molecule has 0 aliphatic carbocycles. The number of hydrogen-bond donors (Lipinski definition) is 2. The lowest BCUT2D eigenvalue weighted by Gasteiger charge is -2.19. The van der Waals surface area contributed by atoms with Gasteiger partial charge in [-0.1, -0.05) is 20.8 Å². The van der Waals surface area contributed by atoms with Crippen LogP contribution in [0.25, 0.3) is 0 Å². The van der Waals surface area contributed by atoms with E-state index in [1.165, 1.54) is 4.90 Å². The van der Waals surface area contributed by atoms with Crippen LogP contribution >= 0.6 is 11.8 Å². The first-order valence-electron chi connectivity index (χ1n) is 4.70. The highest BCUT2D eigenvalue weighted by atomic mass is 32.2. The topological polar surface area (TPSA) is 52.0 Å². The lowest BCUT2D eigenvalue weighted by molar-refractivity contribution is 0.801. The average Bonchev–Trinajstić information content (AvgIpc) is 2.06. The minimum atomic E-state index is 0.208. The molecule has 78 valence electrons. The van der Waals surface area contributed by atoms with Crippen molar-refractivity contribution in [2.24, 2.45) is 5.73 Å². The van der Waals surface area contributed by atoms with Gasteiger partial charge in [-0.25, -0.2) is 0 Å². The van der Waals surface area contributed by atoms with Gasteiger partial charge in [0, 0.05) is 21.9 Å². The molecule has 0 unspecified atom stereocenters. The van der Waals surface area contributed by atoms with E-state index in [1.807, 2.05) is 30.0 Å². The largest absolute Gasteiger partial charge is 0.399 e. The molecule has 1 aromatic rings. The van der Waals surface area contributed by atoms with Crippen LogP contribution in [0.5, 0.6) is 0 Å². The molecule has 0 amide bonds. The van der Waals surface area contributed by atoms with Crippen LogP contribution in [0.3, 0.4) is 0 Å². The number of nitrogens with two attached hydrogens (primary N) is 2. The molecule has 0 radical (unpaired) electrons. The fraction of sp³-hybridized carbons (Fsp3) is 0.455. The minimum Gasteiger partial charge on any atom is -0.399 e. The first-order valence-corrected chi connectivity index (χ1v) is 5.51. The van der Waals surface area contributed by atoms with Crippen molar-refractivity contribution >= 4 is 17.4 Å². The Morgan fingerprint density at radius 1 is 1.29 bits per heavy atom. The number of thioether (sulfide) groups is 1. The molecule has 1 aromatic carbocycles. The van der Waals surface area contributed by atoms with E-state index in [0.717, 1.165) is 11.3 Å². The maximum absolute atomic E-state index is 5.70. The summed E-state index contributed by atoms with van der Waals surface area (Å²) in [5.41, 5.74) is 13.3. The zero-order valence-corrected chi connectivity index (χ0v) is 9.82. The fourth-order valence-electron chi connectivity index (χ4n) is 1.19. The number of hydrogen-bond acceptors (Lipinski definition) is 3. The molecule has 14 heavy (non-hydrogen) atoms. The zero-order valence-electron chi connectivity index (χ0n) is 9.00. The molecule has 0 aromatic heterocycles. The summed E-state index contributed by atoms with van der Waals surface area (Å²) in [6.45, 7) is 7.11. The van der Waals surface area contributed by atoms with Crippen molar-refractivity contribution in [3.05, 3.63) is 23.8 Å². The van der Waals surface area contributed by atoms with Crippen LogP contribution in [-0.2, 0) is 6.54 Å². The fourth-order valence-corrected chi connectivity index (χ4v) is 2.26. The van der Waals surface area contributed by atoms with Gasteiger partial charge in [0.15, 0.2) is 0 Å². The standard InChI is InChI=1S/C11H18N2S/c1-11(2,3)14-10-5-4-9(13)6-8(10)7-12/h4-6H,7,12-13H2,1-3H3. The summed E-state index contributed by atoms with van der Waals surface area (Å²) in [7, 11) is 0. The molecule has 0 bridgehead atoms. The molecule has 0 saturated heterocycles. The lowest BCUT2D eigenvalue weighted by atomic mass is 10.2. The number of rotatable bonds is 2. The highest BCUT2D eigenvalue weighted by Gasteiger charge is 2.14. The normalized spacial score (nSPS) is 11.7. The van der Waals surface area contributed by atoms with Crippen LogP contribution < -0.4 is 11.5 Å². The van der Waals surface area contributed by atoms with E-state index in [4.69, 9.17) is 11.5 Å². The zero-order chi connectivity index (χ0) is 10.8. The third-order valence-electron chi connectivity index (χ3n) is 1.72. The molecule has 0 spiro atoms. The van der Waals surface area contributed by atoms with Crippen LogP contribution in [0.2, 0.25) is 0 Å². The molecule has 0 aliphatic heterocycles. The van der Waals surface area contributed by atoms with E-state index >= 15 is 0 Å². The Bertz CT molecular complexity index is 316. The van der Waals surface area contributed by atoms with Gasteiger partial charge in [0.05, 0.1) is 0 Å². The van der Waals surface area contributed by atoms with Crippen molar-refractivity contribution in [3.63, 3.8) is 0 Å². The van der Waals surface area contributed by atoms with Crippen LogP contribution in [0, 0.1) is 0 Å². The van der Waals surface area contributed by atoms with Crippen LogP contribution in [0.4, 0.5) is 5.69 Å². The third-order valence-corrected chi connectivity index (χ3v) is 2.95. The Kier molecular flexibility index (Phi) is 3.45. The first-order chi connectivity index (χ1) is 6.42. The number of anilines is 1. The van der Waals surface area contributed by atoms with E-state index in [1.54, 1.807) is 0 Å². The second kappa shape index (κ2) is 4.24. The SMILES string of the molecule is CC(C)(C)Sc1ccc(N)cc1CN. The van der Waals surface area contributed by atoms with Crippen molar-refractivity contribution in [1.82, 2.24) is 0 Å². The van der Waals surface area contributed by atoms with E-state index in [2.05, 4.69) is 20.8 Å². The summed E-state index contributed by atoms with van der Waals surface area (Å²) in [5, 5.41) is 0. The molecule has 4 N–H and O–H groups in total. The van der Waals surface area contributed by atoms with Crippen LogP contribution in [-0.4, -0.2) is 4.75 Å². The molecular formula is C11H18N2S. The van der Waals surface area contributed by atoms with Crippen LogP contribution in [0.1, 0.15) is 26.3 Å². The van der Waals surface area contributed by atoms with E-state index < -0.39 is 0 Å². The molecular weight excluding hydrogens is 192 g/mol. The number of nitrogen functional groups attached to an aromatic ring is 1. The van der Waals surface area contributed by atoms with Gasteiger partial charge < -0.3 is 11.5 Å². The highest BCUT2D eigenvalue weighted by Crippen LogP contribution is 2.34. The first kappa shape index (κ1) is 11.4. The molecule has 0 aliphatic rings. The quantitative estimate of drug-likeness (QED) is 0.583. The monoisotopic (exact) mass is 210 g/mol. The molecule has 0 heterocycles. The number of benzene rings is 1. The Labute approximate surface area is 90.1 Å². The summed E-state index contributed by atoms with van der Waals surface area (Å²) < 4.78 is 0.208. The summed E-state index contributed by atoms with van der Waals surface area (Å²) in [4.78, 5) is 1.23. The highest BCUT2D eigenvalue weighted by molar-refractivity contribution is 8.00. The molecule has 0 atom stereocenters. The summed E-state index contributed by atoms with van der Waals surface area (Å²) >= 11 is 1.83. The Balaban J connectivity index is 2.97. The molecule has 1 rings (SSSR count). The second-order valence-corrected chi connectivity index (χ2v) is 6.15. The maximum atomic E-state index is 5.70. The average molecular weight is 210 g/mol. The van der Waals surface area contributed by atoms with Gasteiger partial charge >= 0.3 is 0 Å². The van der Waals surface area contributed by atoms with Crippen molar-refractivity contribution in [1.29, 1.82) is 0 Å². The van der Waals surface area contributed by atoms with Gasteiger partial charge in [-0.15, -0.1) is 11.8 Å².